The number of hydrogen-bond donors (Lipinski definition) is 6. The number of nitrogens with one attached hydrogen (secondary N) is 1. The molecule has 0 spiro atoms. The van der Waals surface area contributed by atoms with Gasteiger partial charge in [-0.25, -0.2) is 92.9 Å². The molecular weight excluding hydrogens is 1700 g/mol. The van der Waals surface area contributed by atoms with Gasteiger partial charge in [-0.15, -0.1) is 12.4 Å². The van der Waals surface area contributed by atoms with Gasteiger partial charge in [0.25, 0.3) is 5.91 Å². The minimum Gasteiger partial charge on any atom is -0.870 e. The molecule has 7 aromatic heterocycles. The molecule has 18 rings (SSSR count). The number of methoxy groups -OCH3 is 2. The van der Waals surface area contributed by atoms with Crippen LogP contribution in [0.3, 0.4) is 0 Å². The molecule has 0 aliphatic carbocycles. The first kappa shape index (κ1) is 94.7. The number of nitrogens with zero attached hydrogens (tertiary/aromatic N) is 16. The van der Waals surface area contributed by atoms with Gasteiger partial charge in [-0.05, 0) is 182 Å². The molecule has 38 nitrogen and oxygen atoms in total. The summed E-state index contributed by atoms with van der Waals surface area (Å²) in [6.45, 7) is 0. The molecule has 658 valence electrons. The van der Waals surface area contributed by atoms with Gasteiger partial charge in [0.05, 0.1) is 91.4 Å². The smallest absolute Gasteiger partial charge is 0.870 e. The van der Waals surface area contributed by atoms with Gasteiger partial charge in [-0.1, -0.05) is 78.9 Å². The van der Waals surface area contributed by atoms with E-state index >= 15 is 0 Å². The van der Waals surface area contributed by atoms with E-state index in [1.807, 2.05) is 91.0 Å². The molecule has 0 atom stereocenters. The van der Waals surface area contributed by atoms with Crippen LogP contribution in [-0.4, -0.2) is 155 Å². The maximum atomic E-state index is 13.7. The SMILES string of the molecule is CNOC.COC(=O)c1cccc(-n2c(=O)n(-c3ccc(Oc4ccccc4)cc3)c3c(N)ncnc32)c1.COC(=O)c1cccc(N2C(=O)Cc3c(N)ncnc32)c1.CON(C)C(=O)c1cccc(-n2c(=O)n(-c3ccc(Oc4ccccc4)cc3)c3c(N)ncnc32)c1.Cl.Nc1ncnc2c1n(-c1ccc(Oc3ccccc3)cc1)c(=O)n2-c1cccc(C(=O)O)c1.[Li+].[OH-]. The number of benzene rings is 10. The Morgan fingerprint density at radius 3 is 1.03 bits per heavy atom. The summed E-state index contributed by atoms with van der Waals surface area (Å²) in [5.74, 6) is 2.46. The molecule has 0 saturated carbocycles. The maximum absolute atomic E-state index is 13.7. The zero-order valence-corrected chi connectivity index (χ0v) is 71.6. The number of carbonyl (C=O) groups is 5. The standard InChI is InChI=1S/C26H22N6O4.C25H19N5O4.C24H17N5O4.C14H12N4O3.C2H7NO.ClH.Li.H2O/c1-30(35-2)25(33)17-7-6-8-19(15-17)32-24-22(23(27)28-16-29-24)31(26(32)34)18-11-13-21(14-12-18)36-20-9-4-3-5-10-20;1-33-24(31)16-6-5-7-18(14-16)30-23-21(22(26)27-15-28-23)29(25(30)32)17-10-12-20(13-11-17)34-19-8-3-2-4-9-19;25-21-20-22(27-14-26-21)29(17-6-4-5-15(13-17)23(30)31)24(32)28(20)16-9-11-19(12-10-16)33-18-7-2-1-3-8-18;1-21-14(20)8-3-2-4-9(5-8)18-11(19)6-10-12(15)16-7-17-13(10)18;1-3-4-2;;;/h3-16H,1-2H3,(H2,27,28,29);2-15H,1H3,(H2,26,27,28);1-14H,(H,30,31)(H2,25,26,27);2-5,7H,6H2,1H3,(H2,15,16,17);3H,1-2H3;1H;;1H2/q;;;;;;+1;/p-1. The van der Waals surface area contributed by atoms with Gasteiger partial charge in [-0.2, -0.15) is 0 Å². The van der Waals surface area contributed by atoms with Crippen molar-refractivity contribution in [2.24, 2.45) is 0 Å². The monoisotopic (exact) mass is 1780 g/mol. The van der Waals surface area contributed by atoms with E-state index in [1.54, 1.807) is 172 Å². The number of ether oxygens (including phenoxy) is 5. The van der Waals surface area contributed by atoms with Crippen LogP contribution < -0.4 is 83.5 Å². The number of para-hydroxylation sites is 3. The molecule has 1 aliphatic heterocycles. The number of esters is 2. The number of nitrogens with two attached hydrogens (primary N) is 4. The van der Waals surface area contributed by atoms with Gasteiger partial charge in [0, 0.05) is 25.2 Å². The second kappa shape index (κ2) is 42.8. The van der Waals surface area contributed by atoms with Gasteiger partial charge >= 0.3 is 53.8 Å². The van der Waals surface area contributed by atoms with Crippen LogP contribution in [0.2, 0.25) is 0 Å². The van der Waals surface area contributed by atoms with Crippen molar-refractivity contribution in [1.29, 1.82) is 0 Å². The first-order chi connectivity index (χ1) is 62.1. The number of halogens is 1. The van der Waals surface area contributed by atoms with E-state index in [0.29, 0.717) is 136 Å². The van der Waals surface area contributed by atoms with Crippen molar-refractivity contribution in [1.82, 2.24) is 77.8 Å². The molecule has 2 amide bonds. The predicted molar refractivity (Wildman–Crippen MR) is 484 cm³/mol. The molecule has 1 aliphatic rings. The summed E-state index contributed by atoms with van der Waals surface area (Å²) < 4.78 is 35.4. The first-order valence-electron chi connectivity index (χ1n) is 38.6. The van der Waals surface area contributed by atoms with Crippen LogP contribution in [0.4, 0.5) is 34.8 Å². The van der Waals surface area contributed by atoms with Crippen LogP contribution in [0.25, 0.3) is 67.6 Å². The fourth-order valence-electron chi connectivity index (χ4n) is 13.4. The zero-order valence-electron chi connectivity index (χ0n) is 70.7. The van der Waals surface area contributed by atoms with Crippen molar-refractivity contribution in [3.05, 3.63) is 345 Å². The molecule has 0 radical (unpaired) electrons. The number of fused-ring (bicyclic) bond motifs is 4. The summed E-state index contributed by atoms with van der Waals surface area (Å²) in [5, 5.41) is 10.4. The Kier molecular flexibility index (Phi) is 30.9. The van der Waals surface area contributed by atoms with E-state index in [4.69, 9.17) is 46.7 Å². The normalized spacial score (nSPS) is 10.9. The molecular formula is C91H79ClLiN21O17. The Balaban J connectivity index is 0.000000167. The number of rotatable bonds is 19. The average Bonchev–Trinajstić information content (AvgIpc) is 1.60. The topological polar surface area (TPSA) is 507 Å². The molecule has 40 heteroatoms. The number of nitrogen functional groups attached to an aromatic ring is 4. The number of imidazole rings is 3. The third kappa shape index (κ3) is 20.6. The first-order valence-corrected chi connectivity index (χ1v) is 38.6. The van der Waals surface area contributed by atoms with Crippen molar-refractivity contribution in [3.63, 3.8) is 0 Å². The van der Waals surface area contributed by atoms with Gasteiger partial charge in [0.2, 0.25) is 5.91 Å². The Bertz CT molecular complexity index is 7170. The largest absolute Gasteiger partial charge is 1.00 e. The summed E-state index contributed by atoms with van der Waals surface area (Å²) in [5.41, 5.74) is 32.4. The number of anilines is 6. The van der Waals surface area contributed by atoms with Crippen LogP contribution in [0.5, 0.6) is 34.5 Å². The van der Waals surface area contributed by atoms with Crippen molar-refractivity contribution < 1.29 is 86.8 Å². The van der Waals surface area contributed by atoms with Crippen molar-refractivity contribution in [3.8, 4) is 68.6 Å². The van der Waals surface area contributed by atoms with E-state index in [1.165, 1.54) is 98.1 Å². The van der Waals surface area contributed by atoms with Crippen LogP contribution >= 0.6 is 12.4 Å². The fourth-order valence-corrected chi connectivity index (χ4v) is 13.4. The number of aromatic nitrogens is 14. The molecule has 11 N–H and O–H groups in total. The number of carboxylic acid groups (broad SMARTS) is 1. The average molecular weight is 1780 g/mol. The molecule has 0 fully saturated rings. The van der Waals surface area contributed by atoms with Crippen LogP contribution in [0, 0.1) is 0 Å². The maximum Gasteiger partial charge on any atom is 1.00 e. The van der Waals surface area contributed by atoms with Gasteiger partial charge in [-0.3, -0.25) is 33.0 Å². The summed E-state index contributed by atoms with van der Waals surface area (Å²) in [6, 6.07) is 74.9. The summed E-state index contributed by atoms with van der Waals surface area (Å²) in [7, 11) is 8.78. The van der Waals surface area contributed by atoms with Crippen LogP contribution in [0.1, 0.15) is 47.0 Å². The van der Waals surface area contributed by atoms with Crippen molar-refractivity contribution in [2.45, 2.75) is 6.42 Å². The Morgan fingerprint density at radius 1 is 0.382 bits per heavy atom. The quantitative estimate of drug-likeness (QED) is 0.0249. The third-order valence-corrected chi connectivity index (χ3v) is 19.4. The number of hydroxylamine groups is 3. The minimum atomic E-state index is -1.10. The van der Waals surface area contributed by atoms with Gasteiger partial charge in [0.1, 0.15) is 88.0 Å². The van der Waals surface area contributed by atoms with E-state index in [-0.39, 0.29) is 83.6 Å². The summed E-state index contributed by atoms with van der Waals surface area (Å²) >= 11 is 0. The van der Waals surface area contributed by atoms with E-state index in [2.05, 4.69) is 54.9 Å². The summed E-state index contributed by atoms with van der Waals surface area (Å²) in [4.78, 5) is 145. The summed E-state index contributed by atoms with van der Waals surface area (Å²) in [6.07, 6.45) is 5.30. The van der Waals surface area contributed by atoms with Crippen molar-refractivity contribution >= 4 is 110 Å². The second-order valence-electron chi connectivity index (χ2n) is 27.2. The van der Waals surface area contributed by atoms with E-state index < -0.39 is 35.0 Å². The fraction of sp³-hybridized carbons (Fsp3) is 0.0769. The van der Waals surface area contributed by atoms with Crippen LogP contribution in [0.15, 0.2) is 301 Å². The minimum absolute atomic E-state index is 0. The molecule has 0 saturated heterocycles. The molecule has 0 bridgehead atoms. The number of aromatic carboxylic acids is 1. The number of hydrogen-bond acceptors (Lipinski definition) is 29. The van der Waals surface area contributed by atoms with Gasteiger partial charge in [0.15, 0.2) is 34.4 Å². The molecule has 0 unspecified atom stereocenters. The molecule has 10 aromatic carbocycles. The number of carboxylic acids is 1. The Hall–Kier alpha value is -17.0. The van der Waals surface area contributed by atoms with Crippen LogP contribution in [-0.2, 0) is 30.4 Å². The zero-order chi connectivity index (χ0) is 90.2. The van der Waals surface area contributed by atoms with Crippen molar-refractivity contribution in [2.75, 3.05) is 70.4 Å². The third-order valence-electron chi connectivity index (χ3n) is 19.4. The molecule has 8 heterocycles. The Morgan fingerprint density at radius 2 is 0.687 bits per heavy atom. The number of amides is 2. The van der Waals surface area contributed by atoms with E-state index in [9.17, 15) is 43.5 Å². The number of carbonyl (C=O) groups excluding carboxylic acids is 4. The second-order valence-corrected chi connectivity index (χ2v) is 27.2. The Labute approximate surface area is 761 Å². The van der Waals surface area contributed by atoms with E-state index in [0.717, 1.165) is 5.06 Å². The molecule has 131 heavy (non-hydrogen) atoms. The van der Waals surface area contributed by atoms with Gasteiger partial charge < -0.3 is 62.0 Å². The molecule has 17 aromatic rings. The predicted octanol–water partition coefficient (Wildman–Crippen LogP) is 9.04.